The van der Waals surface area contributed by atoms with Gasteiger partial charge in [-0.05, 0) is 36.8 Å². The van der Waals surface area contributed by atoms with Gasteiger partial charge in [0.2, 0.25) is 0 Å². The molecule has 1 heterocycles. The second kappa shape index (κ2) is 6.84. The van der Waals surface area contributed by atoms with E-state index in [0.717, 1.165) is 16.5 Å². The fourth-order valence-electron chi connectivity index (χ4n) is 2.60. The molecule has 0 fully saturated rings. The summed E-state index contributed by atoms with van der Waals surface area (Å²) in [5.74, 6) is 1.23. The van der Waals surface area contributed by atoms with Crippen molar-refractivity contribution in [3.63, 3.8) is 0 Å². The van der Waals surface area contributed by atoms with Crippen LogP contribution < -0.4 is 9.47 Å². The minimum absolute atomic E-state index is 0. The summed E-state index contributed by atoms with van der Waals surface area (Å²) in [7, 11) is 3.17. The van der Waals surface area contributed by atoms with E-state index < -0.39 is 0 Å². The van der Waals surface area contributed by atoms with E-state index in [1.807, 2.05) is 25.1 Å². The second-order valence-corrected chi connectivity index (χ2v) is 5.25. The smallest absolute Gasteiger partial charge is 0.162 e. The van der Waals surface area contributed by atoms with Gasteiger partial charge in [0, 0.05) is 23.1 Å². The third-order valence-electron chi connectivity index (χ3n) is 3.78. The van der Waals surface area contributed by atoms with E-state index in [0.29, 0.717) is 22.8 Å². The number of pyridine rings is 1. The summed E-state index contributed by atoms with van der Waals surface area (Å²) in [5, 5.41) is 20.4. The number of methoxy groups -OCH3 is 2. The minimum atomic E-state index is -0.0169. The van der Waals surface area contributed by atoms with E-state index in [-0.39, 0.29) is 23.9 Å². The summed E-state index contributed by atoms with van der Waals surface area (Å²) in [6, 6.07) is 10.0. The van der Waals surface area contributed by atoms with Crippen molar-refractivity contribution in [1.82, 2.24) is 4.98 Å². The first kappa shape index (κ1) is 17.7. The number of fused-ring (bicyclic) bond motifs is 1. The van der Waals surface area contributed by atoms with Crippen LogP contribution in [-0.4, -0.2) is 29.4 Å². The van der Waals surface area contributed by atoms with Crippen LogP contribution in [0.2, 0.25) is 0 Å². The topological polar surface area (TPSA) is 71.8 Å². The van der Waals surface area contributed by atoms with Crippen molar-refractivity contribution >= 4 is 23.3 Å². The molecule has 3 rings (SSSR count). The molecule has 0 saturated carbocycles. The molecule has 0 radical (unpaired) electrons. The Hall–Kier alpha value is -2.66. The van der Waals surface area contributed by atoms with Gasteiger partial charge in [0.05, 0.1) is 25.4 Å². The van der Waals surface area contributed by atoms with E-state index >= 15 is 0 Å². The lowest BCUT2D eigenvalue weighted by molar-refractivity contribution is 0.356. The molecule has 2 N–H and O–H groups in total. The summed E-state index contributed by atoms with van der Waals surface area (Å²) in [6.07, 6.45) is 0. The molecule has 5 nitrogen and oxygen atoms in total. The highest BCUT2D eigenvalue weighted by Gasteiger charge is 2.13. The first-order valence-corrected chi connectivity index (χ1v) is 7.09. The molecule has 6 heteroatoms. The average molecular weight is 348 g/mol. The first-order chi connectivity index (χ1) is 11.0. The van der Waals surface area contributed by atoms with Gasteiger partial charge in [0.15, 0.2) is 11.5 Å². The van der Waals surface area contributed by atoms with E-state index in [1.165, 1.54) is 12.1 Å². The zero-order valence-electron chi connectivity index (χ0n) is 13.5. The van der Waals surface area contributed by atoms with Crippen LogP contribution in [0, 0.1) is 6.92 Å². The summed E-state index contributed by atoms with van der Waals surface area (Å²) in [5.41, 5.74) is 2.92. The zero-order valence-corrected chi connectivity index (χ0v) is 14.3. The molecular weight excluding hydrogens is 330 g/mol. The molecule has 0 saturated heterocycles. The maximum atomic E-state index is 10.0. The number of aromatic nitrogens is 1. The lowest BCUT2D eigenvalue weighted by atomic mass is 10.0. The van der Waals surface area contributed by atoms with Gasteiger partial charge in [-0.3, -0.25) is 0 Å². The number of phenols is 2. The molecule has 24 heavy (non-hydrogen) atoms. The summed E-state index contributed by atoms with van der Waals surface area (Å²) < 4.78 is 10.6. The van der Waals surface area contributed by atoms with Crippen molar-refractivity contribution < 1.29 is 19.7 Å². The molecule has 0 aliphatic rings. The van der Waals surface area contributed by atoms with Crippen molar-refractivity contribution in [1.29, 1.82) is 0 Å². The van der Waals surface area contributed by atoms with Crippen molar-refractivity contribution in [2.24, 2.45) is 0 Å². The molecule has 0 atom stereocenters. The zero-order chi connectivity index (χ0) is 16.6. The SMILES string of the molecule is COc1cc2nc(-c3ccc(O)cc3O)cc(C)c2cc1OC.Cl. The lowest BCUT2D eigenvalue weighted by Crippen LogP contribution is -1.94. The van der Waals surface area contributed by atoms with Gasteiger partial charge >= 0.3 is 0 Å². The normalized spacial score (nSPS) is 10.3. The standard InChI is InChI=1S/C18H17NO4.ClH/c1-10-6-14(12-5-4-11(20)7-16(12)21)19-15-9-18(23-3)17(22-2)8-13(10)15;/h4-9,20-21H,1-3H3;1H. The van der Waals surface area contributed by atoms with Crippen LogP contribution in [-0.2, 0) is 0 Å². The molecular formula is C18H18ClNO4. The number of ether oxygens (including phenoxy) is 2. The fraction of sp³-hybridized carbons (Fsp3) is 0.167. The Labute approximate surface area is 145 Å². The minimum Gasteiger partial charge on any atom is -0.508 e. The van der Waals surface area contributed by atoms with Crippen LogP contribution >= 0.6 is 12.4 Å². The van der Waals surface area contributed by atoms with Crippen LogP contribution in [0.4, 0.5) is 0 Å². The van der Waals surface area contributed by atoms with Gasteiger partial charge in [-0.1, -0.05) is 0 Å². The maximum absolute atomic E-state index is 10.0. The Kier molecular flexibility index (Phi) is 5.04. The second-order valence-electron chi connectivity index (χ2n) is 5.25. The van der Waals surface area contributed by atoms with Crippen molar-refractivity contribution in [2.75, 3.05) is 14.2 Å². The number of phenolic OH excluding ortho intramolecular Hbond substituents is 2. The maximum Gasteiger partial charge on any atom is 0.162 e. The summed E-state index contributed by atoms with van der Waals surface area (Å²) in [6.45, 7) is 1.97. The fourth-order valence-corrected chi connectivity index (χ4v) is 2.60. The molecule has 1 aromatic heterocycles. The van der Waals surface area contributed by atoms with Crippen molar-refractivity contribution in [3.05, 3.63) is 42.0 Å². The Morgan fingerprint density at radius 3 is 2.21 bits per heavy atom. The first-order valence-electron chi connectivity index (χ1n) is 7.09. The van der Waals surface area contributed by atoms with E-state index in [2.05, 4.69) is 4.98 Å². The van der Waals surface area contributed by atoms with Crippen molar-refractivity contribution in [3.8, 4) is 34.3 Å². The number of hydrogen-bond acceptors (Lipinski definition) is 5. The van der Waals surface area contributed by atoms with Crippen LogP contribution in [0.1, 0.15) is 5.56 Å². The number of hydrogen-bond donors (Lipinski definition) is 2. The quantitative estimate of drug-likeness (QED) is 0.747. The van der Waals surface area contributed by atoms with Gasteiger partial charge in [-0.25, -0.2) is 4.98 Å². The Balaban J connectivity index is 0.00000208. The summed E-state index contributed by atoms with van der Waals surface area (Å²) in [4.78, 5) is 4.60. The molecule has 2 aromatic carbocycles. The van der Waals surface area contributed by atoms with Gasteiger partial charge in [-0.15, -0.1) is 12.4 Å². The Morgan fingerprint density at radius 2 is 1.58 bits per heavy atom. The van der Waals surface area contributed by atoms with Gasteiger partial charge in [-0.2, -0.15) is 0 Å². The number of halogens is 1. The highest BCUT2D eigenvalue weighted by atomic mass is 35.5. The average Bonchev–Trinajstić information content (AvgIpc) is 2.53. The van der Waals surface area contributed by atoms with Gasteiger partial charge in [0.1, 0.15) is 11.5 Å². The van der Waals surface area contributed by atoms with Gasteiger partial charge in [0.25, 0.3) is 0 Å². The van der Waals surface area contributed by atoms with E-state index in [1.54, 1.807) is 20.3 Å². The van der Waals surface area contributed by atoms with E-state index in [4.69, 9.17) is 9.47 Å². The molecule has 0 aliphatic heterocycles. The number of aryl methyl sites for hydroxylation is 1. The highest BCUT2D eigenvalue weighted by molar-refractivity contribution is 5.88. The largest absolute Gasteiger partial charge is 0.508 e. The van der Waals surface area contributed by atoms with Crippen LogP contribution in [0.15, 0.2) is 36.4 Å². The predicted molar refractivity (Wildman–Crippen MR) is 95.6 cm³/mol. The lowest BCUT2D eigenvalue weighted by Gasteiger charge is -2.12. The van der Waals surface area contributed by atoms with E-state index in [9.17, 15) is 10.2 Å². The number of rotatable bonds is 3. The third-order valence-corrected chi connectivity index (χ3v) is 3.78. The molecule has 0 spiro atoms. The predicted octanol–water partition coefficient (Wildman–Crippen LogP) is 4.06. The number of aromatic hydroxyl groups is 2. The molecule has 0 unspecified atom stereocenters. The van der Waals surface area contributed by atoms with Crippen LogP contribution in [0.25, 0.3) is 22.2 Å². The Morgan fingerprint density at radius 1 is 0.917 bits per heavy atom. The third kappa shape index (κ3) is 3.03. The Bertz CT molecular complexity index is 896. The van der Waals surface area contributed by atoms with Crippen molar-refractivity contribution in [2.45, 2.75) is 6.92 Å². The molecule has 3 aromatic rings. The number of nitrogens with zero attached hydrogens (tertiary/aromatic N) is 1. The molecule has 126 valence electrons. The number of benzene rings is 2. The summed E-state index contributed by atoms with van der Waals surface area (Å²) >= 11 is 0. The monoisotopic (exact) mass is 347 g/mol. The molecule has 0 bridgehead atoms. The van der Waals surface area contributed by atoms with Crippen LogP contribution in [0.5, 0.6) is 23.0 Å². The molecule has 0 amide bonds. The molecule has 0 aliphatic carbocycles. The van der Waals surface area contributed by atoms with Crippen LogP contribution in [0.3, 0.4) is 0 Å². The highest BCUT2D eigenvalue weighted by Crippen LogP contribution is 2.36. The van der Waals surface area contributed by atoms with Gasteiger partial charge < -0.3 is 19.7 Å².